The van der Waals surface area contributed by atoms with E-state index in [1.54, 1.807) is 0 Å². The van der Waals surface area contributed by atoms with Crippen molar-refractivity contribution in [1.29, 1.82) is 0 Å². The molecule has 0 spiro atoms. The molecule has 0 unspecified atom stereocenters. The van der Waals surface area contributed by atoms with Crippen molar-refractivity contribution in [3.8, 4) is 23.0 Å². The monoisotopic (exact) mass is 340 g/mol. The fourth-order valence-electron chi connectivity index (χ4n) is 1.86. The summed E-state index contributed by atoms with van der Waals surface area (Å²) in [5.74, 6) is 2.92. The standard InChI is InChI=1S/C18H13BrO2/c19-14-10-12-16(13-11-14)21-18-9-5-4-8-17(18)20-15-6-2-1-3-7-15/h1-13H. The molecule has 0 heterocycles. The number of hydrogen-bond acceptors (Lipinski definition) is 2. The molecule has 3 heteroatoms. The van der Waals surface area contributed by atoms with E-state index >= 15 is 0 Å². The maximum absolute atomic E-state index is 5.89. The SMILES string of the molecule is Brc1ccc(Oc2ccccc2Oc2ccccc2)cc1. The van der Waals surface area contributed by atoms with Crippen molar-refractivity contribution in [2.24, 2.45) is 0 Å². The van der Waals surface area contributed by atoms with Crippen LogP contribution in [0.2, 0.25) is 0 Å². The Morgan fingerprint density at radius 1 is 0.524 bits per heavy atom. The number of rotatable bonds is 4. The molecule has 0 saturated carbocycles. The van der Waals surface area contributed by atoms with Crippen molar-refractivity contribution in [1.82, 2.24) is 0 Å². The lowest BCUT2D eigenvalue weighted by molar-refractivity contribution is 0.419. The third kappa shape index (κ3) is 3.64. The van der Waals surface area contributed by atoms with Gasteiger partial charge in [-0.15, -0.1) is 0 Å². The van der Waals surface area contributed by atoms with Crippen LogP contribution in [0.5, 0.6) is 23.0 Å². The van der Waals surface area contributed by atoms with Gasteiger partial charge in [-0.25, -0.2) is 0 Å². The zero-order valence-corrected chi connectivity index (χ0v) is 12.8. The van der Waals surface area contributed by atoms with Crippen LogP contribution >= 0.6 is 15.9 Å². The van der Waals surface area contributed by atoms with Crippen molar-refractivity contribution in [3.63, 3.8) is 0 Å². The fraction of sp³-hybridized carbons (Fsp3) is 0. The van der Waals surface area contributed by atoms with Gasteiger partial charge >= 0.3 is 0 Å². The van der Waals surface area contributed by atoms with Crippen LogP contribution in [0.25, 0.3) is 0 Å². The highest BCUT2D eigenvalue weighted by molar-refractivity contribution is 9.10. The molecule has 0 saturated heterocycles. The summed E-state index contributed by atoms with van der Waals surface area (Å²) >= 11 is 3.41. The molecule has 104 valence electrons. The smallest absolute Gasteiger partial charge is 0.169 e. The molecule has 3 aromatic rings. The molecule has 0 fully saturated rings. The largest absolute Gasteiger partial charge is 0.453 e. The van der Waals surface area contributed by atoms with Gasteiger partial charge in [0.05, 0.1) is 0 Å². The molecule has 0 N–H and O–H groups in total. The van der Waals surface area contributed by atoms with Gasteiger partial charge in [0.25, 0.3) is 0 Å². The van der Waals surface area contributed by atoms with Gasteiger partial charge in [0.2, 0.25) is 0 Å². The molecule has 0 bridgehead atoms. The summed E-state index contributed by atoms with van der Waals surface area (Å²) in [6.07, 6.45) is 0. The van der Waals surface area contributed by atoms with Crippen LogP contribution < -0.4 is 9.47 Å². The van der Waals surface area contributed by atoms with Gasteiger partial charge in [0, 0.05) is 4.47 Å². The first-order chi connectivity index (χ1) is 10.3. The lowest BCUT2D eigenvalue weighted by Gasteiger charge is -2.12. The maximum Gasteiger partial charge on any atom is 0.169 e. The molecule has 0 amide bonds. The van der Waals surface area contributed by atoms with Crippen molar-refractivity contribution in [2.45, 2.75) is 0 Å². The van der Waals surface area contributed by atoms with Crippen molar-refractivity contribution >= 4 is 15.9 Å². The Kier molecular flexibility index (Phi) is 4.22. The molecule has 0 atom stereocenters. The molecule has 2 nitrogen and oxygen atoms in total. The second kappa shape index (κ2) is 6.46. The second-order valence-electron chi connectivity index (χ2n) is 4.42. The first-order valence-electron chi connectivity index (χ1n) is 6.56. The average Bonchev–Trinajstić information content (AvgIpc) is 2.52. The molecule has 0 aromatic heterocycles. The summed E-state index contributed by atoms with van der Waals surface area (Å²) in [5, 5.41) is 0. The van der Waals surface area contributed by atoms with Gasteiger partial charge < -0.3 is 9.47 Å². The molecule has 0 aliphatic heterocycles. The van der Waals surface area contributed by atoms with Crippen LogP contribution in [0, 0.1) is 0 Å². The van der Waals surface area contributed by atoms with Crippen molar-refractivity contribution < 1.29 is 9.47 Å². The Bertz CT molecular complexity index is 709. The maximum atomic E-state index is 5.89. The number of benzene rings is 3. The molecule has 21 heavy (non-hydrogen) atoms. The van der Waals surface area contributed by atoms with Gasteiger partial charge in [-0.3, -0.25) is 0 Å². The normalized spacial score (nSPS) is 10.1. The summed E-state index contributed by atoms with van der Waals surface area (Å²) in [4.78, 5) is 0. The highest BCUT2D eigenvalue weighted by atomic mass is 79.9. The van der Waals surface area contributed by atoms with Crippen LogP contribution in [-0.2, 0) is 0 Å². The van der Waals surface area contributed by atoms with E-state index in [2.05, 4.69) is 15.9 Å². The van der Waals surface area contributed by atoms with E-state index < -0.39 is 0 Å². The Balaban J connectivity index is 1.84. The zero-order valence-electron chi connectivity index (χ0n) is 11.2. The molecular formula is C18H13BrO2. The summed E-state index contributed by atoms with van der Waals surface area (Å²) < 4.78 is 12.8. The third-order valence-corrected chi connectivity index (χ3v) is 3.39. The number of hydrogen-bond donors (Lipinski definition) is 0. The minimum absolute atomic E-state index is 0.684. The molecule has 0 aliphatic carbocycles. The number of halogens is 1. The third-order valence-electron chi connectivity index (χ3n) is 2.86. The Hall–Kier alpha value is -2.26. The van der Waals surface area contributed by atoms with Crippen LogP contribution in [0.4, 0.5) is 0 Å². The Morgan fingerprint density at radius 3 is 1.57 bits per heavy atom. The van der Waals surface area contributed by atoms with E-state index in [1.165, 1.54) is 0 Å². The lowest BCUT2D eigenvalue weighted by atomic mass is 10.3. The van der Waals surface area contributed by atoms with Gasteiger partial charge in [-0.2, -0.15) is 0 Å². The predicted octanol–water partition coefficient (Wildman–Crippen LogP) is 6.03. The van der Waals surface area contributed by atoms with Gasteiger partial charge in [-0.05, 0) is 48.5 Å². The summed E-state index contributed by atoms with van der Waals surface area (Å²) in [6.45, 7) is 0. The summed E-state index contributed by atoms with van der Waals surface area (Å²) in [7, 11) is 0. The van der Waals surface area contributed by atoms with E-state index in [0.29, 0.717) is 11.5 Å². The van der Waals surface area contributed by atoms with Gasteiger partial charge in [-0.1, -0.05) is 46.3 Å². The van der Waals surface area contributed by atoms with Crippen molar-refractivity contribution in [3.05, 3.63) is 83.3 Å². The Morgan fingerprint density at radius 2 is 1.00 bits per heavy atom. The lowest BCUT2D eigenvalue weighted by Crippen LogP contribution is -1.89. The van der Waals surface area contributed by atoms with Crippen molar-refractivity contribution in [2.75, 3.05) is 0 Å². The van der Waals surface area contributed by atoms with Gasteiger partial charge in [0.15, 0.2) is 11.5 Å². The topological polar surface area (TPSA) is 18.5 Å². The Labute approximate surface area is 132 Å². The van der Waals surface area contributed by atoms with Crippen LogP contribution in [0.1, 0.15) is 0 Å². The van der Waals surface area contributed by atoms with Crippen LogP contribution in [0.3, 0.4) is 0 Å². The van der Waals surface area contributed by atoms with Crippen LogP contribution in [0.15, 0.2) is 83.3 Å². The van der Waals surface area contributed by atoms with Gasteiger partial charge in [0.1, 0.15) is 11.5 Å². The average molecular weight is 341 g/mol. The highest BCUT2D eigenvalue weighted by Gasteiger charge is 2.06. The highest BCUT2D eigenvalue weighted by Crippen LogP contribution is 2.34. The van der Waals surface area contributed by atoms with E-state index in [9.17, 15) is 0 Å². The quantitative estimate of drug-likeness (QED) is 0.576. The number of ether oxygens (including phenoxy) is 2. The minimum Gasteiger partial charge on any atom is -0.453 e. The first kappa shape index (κ1) is 13.7. The zero-order chi connectivity index (χ0) is 14.5. The van der Waals surface area contributed by atoms with Crippen LogP contribution in [-0.4, -0.2) is 0 Å². The summed E-state index contributed by atoms with van der Waals surface area (Å²) in [6, 6.07) is 25.0. The molecular weight excluding hydrogens is 328 g/mol. The molecule has 0 aliphatic rings. The molecule has 0 radical (unpaired) electrons. The predicted molar refractivity (Wildman–Crippen MR) is 87.2 cm³/mol. The number of para-hydroxylation sites is 3. The van der Waals surface area contributed by atoms with E-state index in [1.807, 2.05) is 78.9 Å². The van der Waals surface area contributed by atoms with E-state index in [-0.39, 0.29) is 0 Å². The molecule has 3 aromatic carbocycles. The first-order valence-corrected chi connectivity index (χ1v) is 7.36. The summed E-state index contributed by atoms with van der Waals surface area (Å²) in [5.41, 5.74) is 0. The fourth-order valence-corrected chi connectivity index (χ4v) is 2.13. The van der Waals surface area contributed by atoms with E-state index in [4.69, 9.17) is 9.47 Å². The molecule has 3 rings (SSSR count). The minimum atomic E-state index is 0.684. The van der Waals surface area contributed by atoms with E-state index in [0.717, 1.165) is 16.0 Å². The second-order valence-corrected chi connectivity index (χ2v) is 5.33.